The topological polar surface area (TPSA) is 79.1 Å². The minimum Gasteiger partial charge on any atom is -0.394 e. The maximum Gasteiger partial charge on any atom is 0.0850 e. The molecule has 24 heavy (non-hydrogen) atoms. The lowest BCUT2D eigenvalue weighted by Crippen LogP contribution is -2.26. The first-order valence-electron chi connectivity index (χ1n) is 8.50. The van der Waals surface area contributed by atoms with Gasteiger partial charge in [-0.3, -0.25) is 0 Å². The molecule has 1 fully saturated rings. The van der Waals surface area contributed by atoms with Crippen LogP contribution in [0.5, 0.6) is 0 Å². The molecule has 5 atom stereocenters. The Bertz CT molecular complexity index is 639. The molecule has 0 aromatic heterocycles. The Morgan fingerprint density at radius 2 is 1.96 bits per heavy atom. The predicted octanol–water partition coefficient (Wildman–Crippen LogP) is 2.38. The van der Waals surface area contributed by atoms with Crippen molar-refractivity contribution in [2.75, 3.05) is 12.4 Å². The van der Waals surface area contributed by atoms with E-state index in [2.05, 4.69) is 4.36 Å². The highest BCUT2D eigenvalue weighted by Crippen LogP contribution is 2.26. The van der Waals surface area contributed by atoms with E-state index in [1.807, 2.05) is 52.0 Å². The number of aliphatic hydroxyl groups is 2. The first-order chi connectivity index (χ1) is 11.2. The number of benzene rings is 1. The van der Waals surface area contributed by atoms with Crippen LogP contribution in [0, 0.1) is 12.8 Å². The molecule has 0 bridgehead atoms. The summed E-state index contributed by atoms with van der Waals surface area (Å²) in [5.41, 5.74) is 1.09. The summed E-state index contributed by atoms with van der Waals surface area (Å²) in [5, 5.41) is 19.5. The minimum absolute atomic E-state index is 0.0929. The van der Waals surface area contributed by atoms with Crippen LogP contribution in [0.4, 0.5) is 0 Å². The van der Waals surface area contributed by atoms with Gasteiger partial charge in [-0.1, -0.05) is 31.5 Å². The average Bonchev–Trinajstić information content (AvgIpc) is 2.82. The number of ether oxygens (including phenoxy) is 1. The summed E-state index contributed by atoms with van der Waals surface area (Å²) in [6.45, 7) is 7.57. The van der Waals surface area contributed by atoms with Gasteiger partial charge in [0.25, 0.3) is 0 Å². The van der Waals surface area contributed by atoms with E-state index in [9.17, 15) is 14.4 Å². The van der Waals surface area contributed by atoms with Crippen molar-refractivity contribution in [3.05, 3.63) is 29.8 Å². The van der Waals surface area contributed by atoms with Crippen molar-refractivity contribution < 1.29 is 19.2 Å². The lowest BCUT2D eigenvalue weighted by Gasteiger charge is -2.20. The number of hydrogen-bond acceptors (Lipinski definition) is 5. The van der Waals surface area contributed by atoms with Crippen molar-refractivity contribution in [2.45, 2.75) is 63.4 Å². The summed E-state index contributed by atoms with van der Waals surface area (Å²) in [4.78, 5) is 0.657. The molecule has 1 saturated heterocycles. The minimum atomic E-state index is -2.74. The SMILES string of the molecule is Cc1ccc(S(=O)(C[C@H]2C[C@H](O)[C@H](C)O2)=N[C@H](CO)C(C)C)cc1. The maximum absolute atomic E-state index is 13.7. The van der Waals surface area contributed by atoms with Crippen LogP contribution >= 0.6 is 0 Å². The third-order valence-electron chi connectivity index (χ3n) is 4.52. The molecular formula is C18H29NO4S. The fraction of sp³-hybridized carbons (Fsp3) is 0.667. The first kappa shape index (κ1) is 19.4. The zero-order valence-corrected chi connectivity index (χ0v) is 15.7. The number of aryl methyl sites for hydroxylation is 1. The summed E-state index contributed by atoms with van der Waals surface area (Å²) in [6.07, 6.45) is -0.616. The molecule has 1 aromatic carbocycles. The molecule has 1 aliphatic heterocycles. The number of nitrogens with zero attached hydrogens (tertiary/aromatic N) is 1. The third-order valence-corrected chi connectivity index (χ3v) is 6.96. The second-order valence-corrected chi connectivity index (χ2v) is 9.28. The third kappa shape index (κ3) is 4.57. The summed E-state index contributed by atoms with van der Waals surface area (Å²) in [5.74, 6) is 0.330. The fourth-order valence-corrected chi connectivity index (χ4v) is 5.23. The molecule has 0 radical (unpaired) electrons. The smallest absolute Gasteiger partial charge is 0.0850 e. The summed E-state index contributed by atoms with van der Waals surface area (Å²) in [6, 6.07) is 7.12. The molecule has 2 N–H and O–H groups in total. The van der Waals surface area contributed by atoms with Gasteiger partial charge in [0.15, 0.2) is 0 Å². The Morgan fingerprint density at radius 1 is 1.33 bits per heavy atom. The maximum atomic E-state index is 13.7. The van der Waals surface area contributed by atoms with Gasteiger partial charge in [-0.2, -0.15) is 0 Å². The van der Waals surface area contributed by atoms with Crippen LogP contribution in [0.2, 0.25) is 0 Å². The number of rotatable bonds is 6. The quantitative estimate of drug-likeness (QED) is 0.821. The van der Waals surface area contributed by atoms with Crippen molar-refractivity contribution >= 4 is 9.73 Å². The summed E-state index contributed by atoms with van der Waals surface area (Å²) in [7, 11) is -2.74. The van der Waals surface area contributed by atoms with E-state index < -0.39 is 15.8 Å². The molecule has 0 amide bonds. The normalized spacial score (nSPS) is 27.9. The molecule has 0 aliphatic carbocycles. The van der Waals surface area contributed by atoms with Crippen LogP contribution < -0.4 is 0 Å². The van der Waals surface area contributed by atoms with Crippen LogP contribution in [0.25, 0.3) is 0 Å². The number of hydrogen-bond donors (Lipinski definition) is 2. The highest BCUT2D eigenvalue weighted by Gasteiger charge is 2.34. The molecule has 1 aliphatic rings. The second-order valence-electron chi connectivity index (χ2n) is 6.99. The van der Waals surface area contributed by atoms with E-state index in [1.165, 1.54) is 0 Å². The standard InChI is InChI=1S/C18H29NO4S/c1-12(2)17(10-20)19-24(22,16-7-5-13(3)6-8-16)11-15-9-18(21)14(4)23-15/h5-8,12,14-15,17-18,20-21H,9-11H2,1-4H3/t14-,15+,17+,18-,24?/m0/s1. The summed E-state index contributed by atoms with van der Waals surface area (Å²) < 4.78 is 24.0. The molecule has 1 unspecified atom stereocenters. The largest absolute Gasteiger partial charge is 0.394 e. The Morgan fingerprint density at radius 3 is 2.42 bits per heavy atom. The predicted molar refractivity (Wildman–Crippen MR) is 95.6 cm³/mol. The lowest BCUT2D eigenvalue weighted by atomic mass is 10.1. The van der Waals surface area contributed by atoms with Gasteiger partial charge >= 0.3 is 0 Å². The van der Waals surface area contributed by atoms with E-state index in [4.69, 9.17) is 4.74 Å². The van der Waals surface area contributed by atoms with Gasteiger partial charge in [-0.15, -0.1) is 0 Å². The molecule has 1 heterocycles. The highest BCUT2D eigenvalue weighted by atomic mass is 32.2. The van der Waals surface area contributed by atoms with E-state index in [0.717, 1.165) is 5.56 Å². The van der Waals surface area contributed by atoms with E-state index >= 15 is 0 Å². The van der Waals surface area contributed by atoms with Gasteiger partial charge in [-0.05, 0) is 31.9 Å². The molecule has 0 spiro atoms. The average molecular weight is 356 g/mol. The van der Waals surface area contributed by atoms with Crippen molar-refractivity contribution in [1.82, 2.24) is 0 Å². The molecule has 2 rings (SSSR count). The van der Waals surface area contributed by atoms with Gasteiger partial charge in [0.05, 0.1) is 46.4 Å². The van der Waals surface area contributed by atoms with Crippen LogP contribution in [0.3, 0.4) is 0 Å². The van der Waals surface area contributed by atoms with Crippen LogP contribution in [0.15, 0.2) is 33.5 Å². The highest BCUT2D eigenvalue weighted by molar-refractivity contribution is 7.93. The fourth-order valence-electron chi connectivity index (χ4n) is 2.81. The van der Waals surface area contributed by atoms with E-state index in [-0.39, 0.29) is 36.5 Å². The Balaban J connectivity index is 2.39. The van der Waals surface area contributed by atoms with E-state index in [0.29, 0.717) is 11.3 Å². The molecular weight excluding hydrogens is 326 g/mol. The molecule has 6 heteroatoms. The lowest BCUT2D eigenvalue weighted by molar-refractivity contribution is 0.0298. The Kier molecular flexibility index (Phi) is 6.42. The number of aliphatic hydroxyl groups excluding tert-OH is 2. The van der Waals surface area contributed by atoms with Crippen molar-refractivity contribution in [3.63, 3.8) is 0 Å². The van der Waals surface area contributed by atoms with Crippen LogP contribution in [-0.2, 0) is 14.5 Å². The molecule has 1 aromatic rings. The summed E-state index contributed by atoms with van der Waals surface area (Å²) >= 11 is 0. The molecule has 0 saturated carbocycles. The monoisotopic (exact) mass is 355 g/mol. The van der Waals surface area contributed by atoms with Gasteiger partial charge in [-0.25, -0.2) is 8.57 Å². The zero-order valence-electron chi connectivity index (χ0n) is 14.9. The first-order valence-corrected chi connectivity index (χ1v) is 10.2. The van der Waals surface area contributed by atoms with Crippen LogP contribution in [-0.4, -0.2) is 51.1 Å². The molecule has 5 nitrogen and oxygen atoms in total. The molecule has 136 valence electrons. The van der Waals surface area contributed by atoms with E-state index in [1.54, 1.807) is 0 Å². The Labute approximate surface area is 145 Å². The van der Waals surface area contributed by atoms with Crippen molar-refractivity contribution in [1.29, 1.82) is 0 Å². The Hall–Kier alpha value is -0.950. The van der Waals surface area contributed by atoms with Crippen molar-refractivity contribution in [3.8, 4) is 0 Å². The van der Waals surface area contributed by atoms with Gasteiger partial charge in [0.2, 0.25) is 0 Å². The van der Waals surface area contributed by atoms with Gasteiger partial charge < -0.3 is 14.9 Å². The van der Waals surface area contributed by atoms with Crippen LogP contribution in [0.1, 0.15) is 32.8 Å². The second kappa shape index (κ2) is 7.95. The van der Waals surface area contributed by atoms with Gasteiger partial charge in [0.1, 0.15) is 0 Å². The zero-order chi connectivity index (χ0) is 17.9. The van der Waals surface area contributed by atoms with Crippen molar-refractivity contribution in [2.24, 2.45) is 10.3 Å². The van der Waals surface area contributed by atoms with Gasteiger partial charge in [0, 0.05) is 11.3 Å².